The molecule has 1 saturated heterocycles. The molecule has 12 heteroatoms. The largest absolute Gasteiger partial charge is 0.395 e. The summed E-state index contributed by atoms with van der Waals surface area (Å²) in [4.78, 5) is 16.9. The zero-order valence-electron chi connectivity index (χ0n) is 20.5. The molecular weight excluding hydrogens is 517 g/mol. The van der Waals surface area contributed by atoms with Gasteiger partial charge in [-0.05, 0) is 38.0 Å². The molecule has 2 fully saturated rings. The fourth-order valence-electron chi connectivity index (χ4n) is 4.77. The van der Waals surface area contributed by atoms with Gasteiger partial charge in [0, 0.05) is 35.9 Å². The van der Waals surface area contributed by atoms with Gasteiger partial charge >= 0.3 is 0 Å². The molecule has 2 atom stereocenters. The van der Waals surface area contributed by atoms with Crippen molar-refractivity contribution in [2.45, 2.75) is 44.6 Å². The van der Waals surface area contributed by atoms with Crippen molar-refractivity contribution >= 4 is 39.2 Å². The number of aliphatic hydroxyl groups is 1. The molecule has 9 nitrogen and oxygen atoms in total. The highest BCUT2D eigenvalue weighted by Crippen LogP contribution is 2.37. The fraction of sp³-hybridized carbons (Fsp3) is 0.440. The van der Waals surface area contributed by atoms with E-state index in [0.29, 0.717) is 63.1 Å². The third-order valence-corrected chi connectivity index (χ3v) is 8.08. The summed E-state index contributed by atoms with van der Waals surface area (Å²) in [5.74, 6) is 0.00925. The van der Waals surface area contributed by atoms with Gasteiger partial charge in [-0.1, -0.05) is 22.9 Å². The lowest BCUT2D eigenvalue weighted by Gasteiger charge is -2.36. The number of thiazole rings is 1. The molecule has 2 unspecified atom stereocenters. The molecule has 4 heterocycles. The van der Waals surface area contributed by atoms with Crippen LogP contribution in [0.3, 0.4) is 0 Å². The van der Waals surface area contributed by atoms with Gasteiger partial charge in [0.2, 0.25) is 5.95 Å². The molecule has 0 radical (unpaired) electrons. The zero-order valence-corrected chi connectivity index (χ0v) is 22.1. The van der Waals surface area contributed by atoms with Gasteiger partial charge in [-0.3, -0.25) is 14.2 Å². The predicted molar refractivity (Wildman–Crippen MR) is 140 cm³/mol. The van der Waals surface area contributed by atoms with Gasteiger partial charge in [-0.2, -0.15) is 10.1 Å². The highest BCUT2D eigenvalue weighted by Gasteiger charge is 2.32. The minimum atomic E-state index is -0.462. The second-order valence-corrected chi connectivity index (χ2v) is 10.9. The number of aliphatic hydroxyl groups excluding tert-OH is 1. The molecule has 194 valence electrons. The molecule has 1 saturated carbocycles. The van der Waals surface area contributed by atoms with E-state index >= 15 is 4.39 Å². The van der Waals surface area contributed by atoms with E-state index in [2.05, 4.69) is 21.2 Å². The minimum absolute atomic E-state index is 0.0775. The number of aromatic nitrogens is 5. The van der Waals surface area contributed by atoms with Crippen LogP contribution < -0.4 is 9.70 Å². The van der Waals surface area contributed by atoms with E-state index in [0.717, 1.165) is 18.4 Å². The molecule has 1 aliphatic carbocycles. The molecule has 0 spiro atoms. The Hall–Kier alpha value is -2.86. The molecule has 4 aromatic rings. The molecule has 6 rings (SSSR count). The van der Waals surface area contributed by atoms with E-state index in [9.17, 15) is 5.11 Å². The number of anilines is 1. The third-order valence-electron chi connectivity index (χ3n) is 6.67. The molecular formula is C25H27ClFN7O2S. The summed E-state index contributed by atoms with van der Waals surface area (Å²) in [6.45, 7) is 3.37. The van der Waals surface area contributed by atoms with Crippen LogP contribution in [0.15, 0.2) is 35.6 Å². The van der Waals surface area contributed by atoms with E-state index in [4.69, 9.17) is 26.3 Å². The number of fused-ring (bicyclic) bond motifs is 1. The molecule has 1 aromatic carbocycles. The van der Waals surface area contributed by atoms with Gasteiger partial charge < -0.3 is 14.7 Å². The van der Waals surface area contributed by atoms with Crippen LogP contribution >= 0.6 is 22.9 Å². The van der Waals surface area contributed by atoms with Crippen LogP contribution in [-0.2, 0) is 11.3 Å². The summed E-state index contributed by atoms with van der Waals surface area (Å²) in [5.41, 5.74) is 2.43. The van der Waals surface area contributed by atoms with E-state index in [-0.39, 0.29) is 18.8 Å². The predicted octanol–water partition coefficient (Wildman–Crippen LogP) is 3.97. The topological polar surface area (TPSA) is 93.6 Å². The average Bonchev–Trinajstić information content (AvgIpc) is 3.50. The van der Waals surface area contributed by atoms with Crippen molar-refractivity contribution in [2.24, 2.45) is 4.99 Å². The summed E-state index contributed by atoms with van der Waals surface area (Å²) in [5, 5.41) is 14.6. The van der Waals surface area contributed by atoms with Gasteiger partial charge in [0.25, 0.3) is 0 Å². The lowest BCUT2D eigenvalue weighted by Crippen LogP contribution is -2.43. The van der Waals surface area contributed by atoms with Crippen molar-refractivity contribution in [2.75, 3.05) is 31.6 Å². The minimum Gasteiger partial charge on any atom is -0.395 e. The number of halogens is 2. The standard InChI is InChI=1S/C25H27ClFN7O2S/c1-14-11-32(13-20(36-14)15-10-29-34(12-15)17-4-5-17)24-30-21(18-6-3-16(26)9-19(18)27)22-23(31-24)33(7-8-35)25(28-2)37-22/h3,6,9-10,12,14,17,20,35H,4-5,7-8,11,13H2,1-2H3/b28-25-. The number of hydrogen-bond donors (Lipinski definition) is 1. The van der Waals surface area contributed by atoms with Gasteiger partial charge in [0.1, 0.15) is 16.6 Å². The lowest BCUT2D eigenvalue weighted by molar-refractivity contribution is -0.0178. The number of morpholine rings is 1. The first-order valence-electron chi connectivity index (χ1n) is 12.3. The SMILES string of the molecule is C/N=c1\sc2c(-c3ccc(Cl)cc3F)nc(N3CC(C)OC(c4cnn(C5CC5)c4)C3)nc2n1CCO. The third kappa shape index (κ3) is 4.65. The van der Waals surface area contributed by atoms with Crippen LogP contribution in [-0.4, -0.2) is 62.3 Å². The quantitative estimate of drug-likeness (QED) is 0.395. The summed E-state index contributed by atoms with van der Waals surface area (Å²) < 4.78 is 26.0. The van der Waals surface area contributed by atoms with Gasteiger partial charge in [0.05, 0.1) is 43.7 Å². The molecule has 1 aliphatic heterocycles. The Bertz CT molecular complexity index is 1530. The number of nitrogens with zero attached hydrogens (tertiary/aromatic N) is 7. The Morgan fingerprint density at radius 1 is 1.27 bits per heavy atom. The first-order valence-corrected chi connectivity index (χ1v) is 13.5. The van der Waals surface area contributed by atoms with Crippen LogP contribution in [0.1, 0.15) is 37.5 Å². The zero-order chi connectivity index (χ0) is 25.7. The van der Waals surface area contributed by atoms with Crippen LogP contribution in [0.4, 0.5) is 10.3 Å². The normalized spacial score (nSPS) is 20.8. The Balaban J connectivity index is 1.47. The summed E-state index contributed by atoms with van der Waals surface area (Å²) >= 11 is 7.41. The van der Waals surface area contributed by atoms with E-state index in [1.54, 1.807) is 19.2 Å². The fourth-order valence-corrected chi connectivity index (χ4v) is 5.99. The summed E-state index contributed by atoms with van der Waals surface area (Å²) in [7, 11) is 1.69. The highest BCUT2D eigenvalue weighted by atomic mass is 35.5. The van der Waals surface area contributed by atoms with Crippen LogP contribution in [0.2, 0.25) is 5.02 Å². The average molecular weight is 544 g/mol. The number of rotatable bonds is 6. The lowest BCUT2D eigenvalue weighted by atomic mass is 10.1. The van der Waals surface area contributed by atoms with Crippen molar-refractivity contribution in [1.82, 2.24) is 24.3 Å². The maximum absolute atomic E-state index is 15.1. The second kappa shape index (κ2) is 9.79. The van der Waals surface area contributed by atoms with Crippen molar-refractivity contribution in [3.05, 3.63) is 51.8 Å². The van der Waals surface area contributed by atoms with E-state index in [1.807, 2.05) is 22.4 Å². The van der Waals surface area contributed by atoms with Crippen molar-refractivity contribution in [3.8, 4) is 11.3 Å². The highest BCUT2D eigenvalue weighted by molar-refractivity contribution is 7.16. The van der Waals surface area contributed by atoms with E-state index < -0.39 is 5.82 Å². The maximum Gasteiger partial charge on any atom is 0.228 e. The Labute approximate surface area is 221 Å². The Kier molecular flexibility index (Phi) is 6.47. The van der Waals surface area contributed by atoms with Gasteiger partial charge in [0.15, 0.2) is 10.4 Å². The monoisotopic (exact) mass is 543 g/mol. The number of hydrogen-bond acceptors (Lipinski definition) is 8. The molecule has 0 bridgehead atoms. The van der Waals surface area contributed by atoms with Crippen LogP contribution in [0, 0.1) is 5.82 Å². The van der Waals surface area contributed by atoms with E-state index in [1.165, 1.54) is 17.4 Å². The molecule has 37 heavy (non-hydrogen) atoms. The van der Waals surface area contributed by atoms with Gasteiger partial charge in [-0.25, -0.2) is 9.37 Å². The maximum atomic E-state index is 15.1. The summed E-state index contributed by atoms with van der Waals surface area (Å²) in [6.07, 6.45) is 5.99. The molecule has 0 amide bonds. The first-order chi connectivity index (χ1) is 17.9. The molecule has 3 aromatic heterocycles. The van der Waals surface area contributed by atoms with Gasteiger partial charge in [-0.15, -0.1) is 0 Å². The van der Waals surface area contributed by atoms with Crippen LogP contribution in [0.25, 0.3) is 21.6 Å². The first kappa shape index (κ1) is 24.5. The van der Waals surface area contributed by atoms with Crippen molar-refractivity contribution in [1.29, 1.82) is 0 Å². The van der Waals surface area contributed by atoms with Crippen LogP contribution in [0.5, 0.6) is 0 Å². The Morgan fingerprint density at radius 3 is 2.84 bits per heavy atom. The Morgan fingerprint density at radius 2 is 2.11 bits per heavy atom. The second-order valence-electron chi connectivity index (χ2n) is 9.46. The molecule has 2 aliphatic rings. The number of benzene rings is 1. The summed E-state index contributed by atoms with van der Waals surface area (Å²) in [6, 6.07) is 5.07. The van der Waals surface area contributed by atoms with Crippen molar-refractivity contribution < 1.29 is 14.2 Å². The smallest absolute Gasteiger partial charge is 0.228 e. The number of ether oxygens (including phenoxy) is 1. The van der Waals surface area contributed by atoms with Crippen molar-refractivity contribution in [3.63, 3.8) is 0 Å². The molecule has 1 N–H and O–H groups in total.